The van der Waals surface area contributed by atoms with Crippen molar-refractivity contribution >= 4 is 22.0 Å². The van der Waals surface area contributed by atoms with E-state index in [2.05, 4.69) is 15.2 Å². The zero-order valence-corrected chi connectivity index (χ0v) is 19.1. The average molecular weight is 450 g/mol. The second-order valence-corrected chi connectivity index (χ2v) is 10.2. The van der Waals surface area contributed by atoms with Crippen molar-refractivity contribution in [3.63, 3.8) is 0 Å². The van der Waals surface area contributed by atoms with Crippen LogP contribution in [0.4, 0.5) is 4.79 Å². The van der Waals surface area contributed by atoms with Crippen molar-refractivity contribution < 1.29 is 26.9 Å². The number of hydrogen-bond acceptors (Lipinski definition) is 9. The number of aliphatic imine (C=N–C) groups is 1. The average Bonchev–Trinajstić information content (AvgIpc) is 3.07. The van der Waals surface area contributed by atoms with Gasteiger partial charge in [0.2, 0.25) is 0 Å². The summed E-state index contributed by atoms with van der Waals surface area (Å²) < 4.78 is 38.2. The number of amides is 1. The van der Waals surface area contributed by atoms with Gasteiger partial charge in [-0.05, 0) is 27.2 Å². The smallest absolute Gasteiger partial charge is 0.435 e. The largest absolute Gasteiger partial charge is 0.442 e. The van der Waals surface area contributed by atoms with Crippen LogP contribution in [0.2, 0.25) is 0 Å². The van der Waals surface area contributed by atoms with E-state index < -0.39 is 27.9 Å². The molecule has 2 unspecified atom stereocenters. The lowest BCUT2D eigenvalue weighted by Gasteiger charge is -2.31. The van der Waals surface area contributed by atoms with E-state index in [1.807, 2.05) is 4.90 Å². The molecule has 0 aromatic rings. The van der Waals surface area contributed by atoms with E-state index in [-0.39, 0.29) is 25.2 Å². The van der Waals surface area contributed by atoms with Gasteiger partial charge in [-0.2, -0.15) is 13.4 Å². The highest BCUT2D eigenvalue weighted by atomic mass is 32.2. The Balaban J connectivity index is 2.03. The quantitative estimate of drug-likeness (QED) is 0.285. The van der Waals surface area contributed by atoms with Crippen molar-refractivity contribution in [2.24, 2.45) is 10.7 Å². The maximum atomic E-state index is 12.1. The van der Waals surface area contributed by atoms with Crippen LogP contribution in [-0.2, 0) is 23.8 Å². The second kappa shape index (κ2) is 10.8. The topological polar surface area (TPSA) is 136 Å². The number of piperazine rings is 1. The van der Waals surface area contributed by atoms with E-state index in [4.69, 9.17) is 19.4 Å². The molecule has 2 atom stereocenters. The van der Waals surface area contributed by atoms with Crippen LogP contribution in [0.15, 0.2) is 4.99 Å². The molecule has 0 saturated carbocycles. The normalized spacial score (nSPS) is 23.5. The first-order valence-electron chi connectivity index (χ1n) is 10.1. The summed E-state index contributed by atoms with van der Waals surface area (Å²) in [4.78, 5) is 20.4. The number of nitrogens with one attached hydrogen (secondary N) is 1. The van der Waals surface area contributed by atoms with Crippen LogP contribution in [0, 0.1) is 0 Å². The van der Waals surface area contributed by atoms with Crippen molar-refractivity contribution in [1.29, 1.82) is 0 Å². The van der Waals surface area contributed by atoms with Crippen molar-refractivity contribution in [2.75, 3.05) is 58.9 Å². The monoisotopic (exact) mass is 449 g/mol. The molecular formula is C18H35N5O6S. The summed E-state index contributed by atoms with van der Waals surface area (Å²) >= 11 is 0. The summed E-state index contributed by atoms with van der Waals surface area (Å²) in [5.74, 6) is 0.160. The summed E-state index contributed by atoms with van der Waals surface area (Å²) in [6, 6.07) is -0.337. The van der Waals surface area contributed by atoms with Crippen LogP contribution >= 0.6 is 0 Å². The van der Waals surface area contributed by atoms with Crippen molar-refractivity contribution in [3.8, 4) is 0 Å². The Morgan fingerprint density at radius 1 is 1.33 bits per heavy atom. The minimum atomic E-state index is -3.54. The van der Waals surface area contributed by atoms with E-state index in [1.165, 1.54) is 0 Å². The van der Waals surface area contributed by atoms with Crippen LogP contribution in [-0.4, -0.2) is 107 Å². The molecular weight excluding hydrogens is 414 g/mol. The van der Waals surface area contributed by atoms with E-state index in [0.717, 1.165) is 39.0 Å². The van der Waals surface area contributed by atoms with Crippen molar-refractivity contribution in [2.45, 2.75) is 44.9 Å². The fourth-order valence-electron chi connectivity index (χ4n) is 3.31. The molecule has 2 saturated heterocycles. The molecule has 2 rings (SSSR count). The number of ether oxygens (including phenoxy) is 2. The molecule has 1 amide bonds. The number of carbonyl (C=O) groups excluding carboxylic acids is 1. The molecule has 3 N–H and O–H groups in total. The SMILES string of the molecule is CC(C)(C)OC(=O)N=C(N)C(CCN1CCNCC1)N1COC(COS(C)(=O)=O)C1. The van der Waals surface area contributed by atoms with E-state index in [9.17, 15) is 13.2 Å². The lowest BCUT2D eigenvalue weighted by atomic mass is 10.1. The Labute approximate surface area is 179 Å². The number of nitrogens with zero attached hydrogens (tertiary/aromatic N) is 3. The third-order valence-electron chi connectivity index (χ3n) is 4.71. The fraction of sp³-hybridized carbons (Fsp3) is 0.889. The lowest BCUT2D eigenvalue weighted by Crippen LogP contribution is -2.49. The van der Waals surface area contributed by atoms with Crippen molar-refractivity contribution in [3.05, 3.63) is 0 Å². The highest BCUT2D eigenvalue weighted by Crippen LogP contribution is 2.17. The molecule has 0 spiro atoms. The molecule has 30 heavy (non-hydrogen) atoms. The van der Waals surface area contributed by atoms with Gasteiger partial charge in [-0.25, -0.2) is 4.79 Å². The highest BCUT2D eigenvalue weighted by molar-refractivity contribution is 7.85. The third-order valence-corrected chi connectivity index (χ3v) is 5.27. The predicted molar refractivity (Wildman–Crippen MR) is 113 cm³/mol. The van der Waals surface area contributed by atoms with E-state index in [1.54, 1.807) is 20.8 Å². The minimum Gasteiger partial charge on any atom is -0.442 e. The zero-order chi connectivity index (χ0) is 22.4. The van der Waals surface area contributed by atoms with Crippen LogP contribution in [0.3, 0.4) is 0 Å². The van der Waals surface area contributed by atoms with Gasteiger partial charge in [-0.15, -0.1) is 0 Å². The molecule has 2 aliphatic rings. The molecule has 0 radical (unpaired) electrons. The van der Waals surface area contributed by atoms with Gasteiger partial charge in [-0.3, -0.25) is 9.08 Å². The maximum Gasteiger partial charge on any atom is 0.435 e. The summed E-state index contributed by atoms with van der Waals surface area (Å²) in [7, 11) is -3.54. The molecule has 0 bridgehead atoms. The van der Waals surface area contributed by atoms with Crippen LogP contribution in [0.5, 0.6) is 0 Å². The first kappa shape index (κ1) is 25.0. The summed E-state index contributed by atoms with van der Waals surface area (Å²) in [5, 5.41) is 3.32. The standard InChI is InChI=1S/C18H35N5O6S/c1-18(2,3)29-17(24)21-16(19)15(5-8-22-9-6-20-7-10-22)23-11-14(27-13-23)12-28-30(4,25)26/h14-15,20H,5-13H2,1-4H3,(H2,19,21,24). The van der Waals surface area contributed by atoms with Gasteiger partial charge in [0.05, 0.1) is 25.0 Å². The second-order valence-electron chi connectivity index (χ2n) is 8.59. The molecule has 11 nitrogen and oxygen atoms in total. The lowest BCUT2D eigenvalue weighted by molar-refractivity contribution is 0.0562. The van der Waals surface area contributed by atoms with Gasteiger partial charge in [0.1, 0.15) is 18.2 Å². The van der Waals surface area contributed by atoms with Crippen LogP contribution in [0.1, 0.15) is 27.2 Å². The number of carbonyl (C=O) groups is 1. The molecule has 12 heteroatoms. The Bertz CT molecular complexity index is 702. The van der Waals surface area contributed by atoms with Crippen LogP contribution < -0.4 is 11.1 Å². The Hall–Kier alpha value is -1.31. The summed E-state index contributed by atoms with van der Waals surface area (Å²) in [6.45, 7) is 10.4. The third kappa shape index (κ3) is 9.23. The zero-order valence-electron chi connectivity index (χ0n) is 18.3. The predicted octanol–water partition coefficient (Wildman–Crippen LogP) is -0.423. The Morgan fingerprint density at radius 3 is 2.60 bits per heavy atom. The van der Waals surface area contributed by atoms with Crippen LogP contribution in [0.25, 0.3) is 0 Å². The maximum absolute atomic E-state index is 12.1. The van der Waals surface area contributed by atoms with Gasteiger partial charge < -0.3 is 25.4 Å². The van der Waals surface area contributed by atoms with Gasteiger partial charge in [0, 0.05) is 39.3 Å². The molecule has 0 aliphatic carbocycles. The Kier molecular flexibility index (Phi) is 9.00. The Morgan fingerprint density at radius 2 is 2.00 bits per heavy atom. The summed E-state index contributed by atoms with van der Waals surface area (Å²) in [6.07, 6.45) is 0.516. The fourth-order valence-corrected chi connectivity index (χ4v) is 3.71. The minimum absolute atomic E-state index is 0.0665. The number of amidine groups is 1. The van der Waals surface area contributed by atoms with E-state index >= 15 is 0 Å². The molecule has 174 valence electrons. The van der Waals surface area contributed by atoms with Gasteiger partial charge in [0.15, 0.2) is 0 Å². The molecule has 2 heterocycles. The molecule has 2 aliphatic heterocycles. The first-order valence-corrected chi connectivity index (χ1v) is 11.9. The van der Waals surface area contributed by atoms with Gasteiger partial charge in [0.25, 0.3) is 10.1 Å². The number of rotatable bonds is 8. The highest BCUT2D eigenvalue weighted by Gasteiger charge is 2.33. The van der Waals surface area contributed by atoms with Gasteiger partial charge in [-0.1, -0.05) is 0 Å². The number of hydrogen-bond donors (Lipinski definition) is 2. The van der Waals surface area contributed by atoms with E-state index in [0.29, 0.717) is 13.0 Å². The molecule has 0 aromatic heterocycles. The molecule has 0 aromatic carbocycles. The van der Waals surface area contributed by atoms with Crippen molar-refractivity contribution in [1.82, 2.24) is 15.1 Å². The van der Waals surface area contributed by atoms with Gasteiger partial charge >= 0.3 is 6.09 Å². The number of nitrogens with two attached hydrogens (primary N) is 1. The summed E-state index contributed by atoms with van der Waals surface area (Å²) in [5.41, 5.74) is 5.55. The first-order chi connectivity index (χ1) is 13.9. The molecule has 2 fully saturated rings.